The maximum absolute atomic E-state index is 13.0. The molecule has 2 aromatic rings. The summed E-state index contributed by atoms with van der Waals surface area (Å²) in [6, 6.07) is 10.7. The lowest BCUT2D eigenvalue weighted by atomic mass is 10.2. The number of nitrogens with zero attached hydrogens (tertiary/aromatic N) is 3. The van der Waals surface area contributed by atoms with Gasteiger partial charge in [0.2, 0.25) is 0 Å². The zero-order valence-electron chi connectivity index (χ0n) is 15.5. The molecule has 0 atom stereocenters. The molecule has 7 nitrogen and oxygen atoms in total. The normalized spacial score (nSPS) is 14.9. The summed E-state index contributed by atoms with van der Waals surface area (Å²) in [7, 11) is 1.58. The van der Waals surface area contributed by atoms with E-state index in [1.165, 1.54) is 4.90 Å². The number of hydrogen-bond donors (Lipinski definition) is 0. The molecule has 0 aliphatic carbocycles. The number of carbonyl (C=O) groups excluding carboxylic acids is 2. The van der Waals surface area contributed by atoms with Crippen molar-refractivity contribution in [2.45, 2.75) is 6.92 Å². The number of aliphatic imine (C=N–C) groups is 1. The summed E-state index contributed by atoms with van der Waals surface area (Å²) >= 11 is 1.16. The molecule has 144 valence electrons. The Morgan fingerprint density at radius 3 is 2.68 bits per heavy atom. The standard InChI is InChI=1S/C20H19N3O4S/c1-3-27-18(24)13-28-20-22-17(11-14-5-4-10-21-12-14)19(25)23(20)15-6-8-16(26-2)9-7-15/h4-12H,3,13H2,1-2H3. The highest BCUT2D eigenvalue weighted by atomic mass is 32.2. The molecule has 1 aromatic heterocycles. The lowest BCUT2D eigenvalue weighted by Crippen LogP contribution is -2.30. The van der Waals surface area contributed by atoms with Crippen LogP contribution in [0.15, 0.2) is 59.5 Å². The largest absolute Gasteiger partial charge is 0.497 e. The number of ether oxygens (including phenoxy) is 2. The van der Waals surface area contributed by atoms with Crippen LogP contribution in [-0.4, -0.2) is 41.5 Å². The van der Waals surface area contributed by atoms with E-state index >= 15 is 0 Å². The number of amides is 1. The molecule has 8 heteroatoms. The predicted octanol–water partition coefficient (Wildman–Crippen LogP) is 3.13. The first-order valence-corrected chi connectivity index (χ1v) is 9.58. The van der Waals surface area contributed by atoms with Crippen molar-refractivity contribution in [2.24, 2.45) is 4.99 Å². The van der Waals surface area contributed by atoms with Crippen LogP contribution in [0.3, 0.4) is 0 Å². The number of rotatable bonds is 6. The van der Waals surface area contributed by atoms with Crippen LogP contribution in [-0.2, 0) is 14.3 Å². The monoisotopic (exact) mass is 397 g/mol. The molecule has 1 aliphatic rings. The summed E-state index contributed by atoms with van der Waals surface area (Å²) in [5.74, 6) is 0.105. The summed E-state index contributed by atoms with van der Waals surface area (Å²) in [6.07, 6.45) is 4.98. The van der Waals surface area contributed by atoms with Gasteiger partial charge in [-0.15, -0.1) is 0 Å². The molecule has 0 bridgehead atoms. The summed E-state index contributed by atoms with van der Waals surface area (Å²) in [5, 5.41) is 0.415. The SMILES string of the molecule is CCOC(=O)CSC1=NC(=Cc2cccnc2)C(=O)N1c1ccc(OC)cc1. The van der Waals surface area contributed by atoms with E-state index in [2.05, 4.69) is 9.98 Å². The number of amidine groups is 1. The number of anilines is 1. The molecule has 1 aliphatic heterocycles. The highest BCUT2D eigenvalue weighted by Gasteiger charge is 2.32. The minimum Gasteiger partial charge on any atom is -0.497 e. The Kier molecular flexibility index (Phi) is 6.44. The fourth-order valence-electron chi connectivity index (χ4n) is 2.50. The molecule has 0 saturated carbocycles. The summed E-state index contributed by atoms with van der Waals surface area (Å²) < 4.78 is 10.1. The van der Waals surface area contributed by atoms with Gasteiger partial charge in [0.15, 0.2) is 5.17 Å². The summed E-state index contributed by atoms with van der Waals surface area (Å²) in [6.45, 7) is 2.05. The number of aromatic nitrogens is 1. The van der Waals surface area contributed by atoms with Gasteiger partial charge in [0.25, 0.3) is 5.91 Å². The average Bonchev–Trinajstić information content (AvgIpc) is 3.03. The van der Waals surface area contributed by atoms with Gasteiger partial charge in [-0.1, -0.05) is 17.8 Å². The van der Waals surface area contributed by atoms with Crippen LogP contribution < -0.4 is 9.64 Å². The zero-order valence-corrected chi connectivity index (χ0v) is 16.3. The van der Waals surface area contributed by atoms with Crippen molar-refractivity contribution in [3.8, 4) is 5.75 Å². The van der Waals surface area contributed by atoms with Crippen molar-refractivity contribution in [1.82, 2.24) is 4.98 Å². The van der Waals surface area contributed by atoms with E-state index in [0.717, 1.165) is 17.3 Å². The molecule has 2 heterocycles. The van der Waals surface area contributed by atoms with E-state index in [1.54, 1.807) is 62.8 Å². The third-order valence-corrected chi connectivity index (χ3v) is 4.68. The minimum absolute atomic E-state index is 0.0623. The van der Waals surface area contributed by atoms with Crippen LogP contribution in [0, 0.1) is 0 Å². The van der Waals surface area contributed by atoms with Gasteiger partial charge in [-0.05, 0) is 48.9 Å². The molecule has 0 saturated heterocycles. The van der Waals surface area contributed by atoms with Gasteiger partial charge in [0.1, 0.15) is 11.4 Å². The van der Waals surface area contributed by atoms with Crippen molar-refractivity contribution in [3.05, 3.63) is 60.1 Å². The molecule has 0 spiro atoms. The fraction of sp³-hybridized carbons (Fsp3) is 0.200. The summed E-state index contributed by atoms with van der Waals surface area (Å²) in [5.41, 5.74) is 1.67. The van der Waals surface area contributed by atoms with Gasteiger partial charge in [0.05, 0.1) is 25.2 Å². The van der Waals surface area contributed by atoms with Gasteiger partial charge >= 0.3 is 5.97 Å². The van der Waals surface area contributed by atoms with Crippen LogP contribution in [0.25, 0.3) is 6.08 Å². The van der Waals surface area contributed by atoms with Crippen molar-refractivity contribution in [2.75, 3.05) is 24.4 Å². The molecular weight excluding hydrogens is 378 g/mol. The van der Waals surface area contributed by atoms with Gasteiger partial charge < -0.3 is 9.47 Å². The van der Waals surface area contributed by atoms with Crippen molar-refractivity contribution >= 4 is 40.6 Å². The maximum Gasteiger partial charge on any atom is 0.316 e. The Balaban J connectivity index is 1.90. The Labute approximate surface area is 167 Å². The smallest absolute Gasteiger partial charge is 0.316 e. The second-order valence-corrected chi connectivity index (χ2v) is 6.59. The Hall–Kier alpha value is -3.13. The number of hydrogen-bond acceptors (Lipinski definition) is 7. The van der Waals surface area contributed by atoms with E-state index < -0.39 is 0 Å². The van der Waals surface area contributed by atoms with Crippen LogP contribution in [0.2, 0.25) is 0 Å². The number of methoxy groups -OCH3 is 1. The Bertz CT molecular complexity index is 911. The van der Waals surface area contributed by atoms with Crippen LogP contribution in [0.1, 0.15) is 12.5 Å². The molecule has 0 fully saturated rings. The molecule has 0 radical (unpaired) electrons. The fourth-order valence-corrected chi connectivity index (χ4v) is 3.31. The average molecular weight is 397 g/mol. The highest BCUT2D eigenvalue weighted by Crippen LogP contribution is 2.30. The first kappa shape index (κ1) is 19.6. The Morgan fingerprint density at radius 2 is 2.04 bits per heavy atom. The number of thioether (sulfide) groups is 1. The molecular formula is C20H19N3O4S. The summed E-state index contributed by atoms with van der Waals surface area (Å²) in [4.78, 5) is 34.7. The zero-order chi connectivity index (χ0) is 19.9. The van der Waals surface area contributed by atoms with E-state index in [-0.39, 0.29) is 23.3 Å². The molecule has 1 amide bonds. The van der Waals surface area contributed by atoms with Crippen LogP contribution in [0.5, 0.6) is 5.75 Å². The first-order chi connectivity index (χ1) is 13.6. The lowest BCUT2D eigenvalue weighted by molar-refractivity contribution is -0.139. The van der Waals surface area contributed by atoms with Gasteiger partial charge in [-0.25, -0.2) is 4.99 Å². The van der Waals surface area contributed by atoms with E-state index in [0.29, 0.717) is 23.2 Å². The highest BCUT2D eigenvalue weighted by molar-refractivity contribution is 8.14. The third-order valence-electron chi connectivity index (χ3n) is 3.77. The van der Waals surface area contributed by atoms with Crippen LogP contribution in [0.4, 0.5) is 5.69 Å². The van der Waals surface area contributed by atoms with E-state index in [4.69, 9.17) is 9.47 Å². The topological polar surface area (TPSA) is 81.1 Å². The second kappa shape index (κ2) is 9.18. The minimum atomic E-state index is -0.359. The molecule has 1 aromatic carbocycles. The van der Waals surface area contributed by atoms with Gasteiger partial charge in [0, 0.05) is 12.4 Å². The second-order valence-electron chi connectivity index (χ2n) is 5.64. The Morgan fingerprint density at radius 1 is 1.25 bits per heavy atom. The lowest BCUT2D eigenvalue weighted by Gasteiger charge is -2.17. The van der Waals surface area contributed by atoms with Crippen molar-refractivity contribution in [3.63, 3.8) is 0 Å². The van der Waals surface area contributed by atoms with Gasteiger partial charge in [-0.3, -0.25) is 19.5 Å². The maximum atomic E-state index is 13.0. The number of esters is 1. The van der Waals surface area contributed by atoms with Crippen molar-refractivity contribution in [1.29, 1.82) is 0 Å². The van der Waals surface area contributed by atoms with Gasteiger partial charge in [-0.2, -0.15) is 0 Å². The molecule has 28 heavy (non-hydrogen) atoms. The number of benzene rings is 1. The quantitative estimate of drug-likeness (QED) is 0.550. The number of pyridine rings is 1. The molecule has 0 N–H and O–H groups in total. The van der Waals surface area contributed by atoms with Crippen LogP contribution >= 0.6 is 11.8 Å². The predicted molar refractivity (Wildman–Crippen MR) is 109 cm³/mol. The van der Waals surface area contributed by atoms with Crippen molar-refractivity contribution < 1.29 is 19.1 Å². The third kappa shape index (κ3) is 4.58. The van der Waals surface area contributed by atoms with E-state index in [1.807, 2.05) is 6.07 Å². The van der Waals surface area contributed by atoms with E-state index in [9.17, 15) is 9.59 Å². The molecule has 0 unspecified atom stereocenters. The molecule has 3 rings (SSSR count). The number of carbonyl (C=O) groups is 2. The first-order valence-electron chi connectivity index (χ1n) is 8.59.